The van der Waals surface area contributed by atoms with Gasteiger partial charge < -0.3 is 15.1 Å². The first-order valence-corrected chi connectivity index (χ1v) is 7.41. The van der Waals surface area contributed by atoms with Crippen LogP contribution in [-0.2, 0) is 0 Å². The van der Waals surface area contributed by atoms with Crippen LogP contribution in [0.1, 0.15) is 48.9 Å². The number of piperidine rings is 1. The molecule has 0 bridgehead atoms. The lowest BCUT2D eigenvalue weighted by molar-refractivity contribution is 0.0585. The molecule has 1 amide bonds. The lowest BCUT2D eigenvalue weighted by Gasteiger charge is -2.39. The number of amides is 1. The Morgan fingerprint density at radius 1 is 1.05 bits per heavy atom. The molecular formula is C16H21NO3. The fourth-order valence-electron chi connectivity index (χ4n) is 3.68. The van der Waals surface area contributed by atoms with Gasteiger partial charge in [-0.05, 0) is 43.2 Å². The largest absolute Gasteiger partial charge is 0.508 e. The molecule has 1 saturated carbocycles. The molecule has 3 rings (SSSR count). The van der Waals surface area contributed by atoms with E-state index in [1.54, 1.807) is 0 Å². The topological polar surface area (TPSA) is 60.8 Å². The van der Waals surface area contributed by atoms with Crippen LogP contribution < -0.4 is 0 Å². The van der Waals surface area contributed by atoms with Crippen LogP contribution in [0.4, 0.5) is 0 Å². The first kappa shape index (κ1) is 13.3. The van der Waals surface area contributed by atoms with Crippen LogP contribution in [0.15, 0.2) is 18.2 Å². The lowest BCUT2D eigenvalue weighted by atomic mass is 9.77. The van der Waals surface area contributed by atoms with Gasteiger partial charge in [0.25, 0.3) is 5.91 Å². The molecule has 0 aromatic heterocycles. The molecular weight excluding hydrogens is 254 g/mol. The number of nitrogens with zero attached hydrogens (tertiary/aromatic N) is 1. The molecule has 108 valence electrons. The van der Waals surface area contributed by atoms with Crippen LogP contribution in [0.5, 0.6) is 11.5 Å². The van der Waals surface area contributed by atoms with Gasteiger partial charge in [0.05, 0.1) is 5.56 Å². The number of carbonyl (C=O) groups is 1. The van der Waals surface area contributed by atoms with E-state index in [0.29, 0.717) is 5.41 Å². The summed E-state index contributed by atoms with van der Waals surface area (Å²) in [5.41, 5.74) is 0.763. The van der Waals surface area contributed by atoms with E-state index in [-0.39, 0.29) is 23.0 Å². The van der Waals surface area contributed by atoms with Gasteiger partial charge in [0, 0.05) is 19.2 Å². The fourth-order valence-corrected chi connectivity index (χ4v) is 3.68. The highest BCUT2D eigenvalue weighted by atomic mass is 16.3. The minimum atomic E-state index is -0.142. The molecule has 2 aliphatic rings. The average molecular weight is 275 g/mol. The molecule has 1 heterocycles. The number of hydrogen-bond acceptors (Lipinski definition) is 3. The summed E-state index contributed by atoms with van der Waals surface area (Å²) < 4.78 is 0. The van der Waals surface area contributed by atoms with Crippen molar-refractivity contribution in [3.63, 3.8) is 0 Å². The highest BCUT2D eigenvalue weighted by Gasteiger charge is 2.38. The van der Waals surface area contributed by atoms with E-state index in [4.69, 9.17) is 0 Å². The zero-order valence-electron chi connectivity index (χ0n) is 11.6. The van der Waals surface area contributed by atoms with Gasteiger partial charge in [-0.2, -0.15) is 0 Å². The monoisotopic (exact) mass is 275 g/mol. The van der Waals surface area contributed by atoms with Gasteiger partial charge in [-0.25, -0.2) is 0 Å². The van der Waals surface area contributed by atoms with E-state index in [2.05, 4.69) is 0 Å². The van der Waals surface area contributed by atoms with Crippen LogP contribution in [-0.4, -0.2) is 34.1 Å². The molecule has 0 atom stereocenters. The number of rotatable bonds is 1. The first-order valence-electron chi connectivity index (χ1n) is 7.41. The minimum Gasteiger partial charge on any atom is -0.508 e. The predicted octanol–water partition coefficient (Wildman–Crippen LogP) is 2.89. The maximum Gasteiger partial charge on any atom is 0.257 e. The van der Waals surface area contributed by atoms with Crippen LogP contribution >= 0.6 is 0 Å². The molecule has 4 heteroatoms. The third-order valence-electron chi connectivity index (χ3n) is 4.99. The second-order valence-corrected chi connectivity index (χ2v) is 6.20. The fraction of sp³-hybridized carbons (Fsp3) is 0.562. The molecule has 2 N–H and O–H groups in total. The van der Waals surface area contributed by atoms with Gasteiger partial charge in [0.2, 0.25) is 0 Å². The van der Waals surface area contributed by atoms with E-state index in [0.717, 1.165) is 25.9 Å². The van der Waals surface area contributed by atoms with E-state index >= 15 is 0 Å². The minimum absolute atomic E-state index is 0.0254. The van der Waals surface area contributed by atoms with Gasteiger partial charge in [0.1, 0.15) is 11.5 Å². The normalized spacial score (nSPS) is 21.3. The lowest BCUT2D eigenvalue weighted by Crippen LogP contribution is -2.42. The zero-order chi connectivity index (χ0) is 14.2. The standard InChI is InChI=1S/C16H21NO3/c18-12-3-4-13(14(19)11-12)15(20)17-9-7-16(8-10-17)5-1-2-6-16/h3-4,11,18-19H,1-2,5-10H2. The van der Waals surface area contributed by atoms with Gasteiger partial charge in [-0.3, -0.25) is 4.79 Å². The van der Waals surface area contributed by atoms with Crippen molar-refractivity contribution in [1.82, 2.24) is 4.90 Å². The number of phenols is 2. The van der Waals surface area contributed by atoms with Crippen molar-refractivity contribution in [3.8, 4) is 11.5 Å². The summed E-state index contributed by atoms with van der Waals surface area (Å²) in [6.45, 7) is 1.55. The Balaban J connectivity index is 1.69. The number of hydrogen-bond donors (Lipinski definition) is 2. The molecule has 1 aromatic carbocycles. The van der Waals surface area contributed by atoms with Crippen molar-refractivity contribution >= 4 is 5.91 Å². The second kappa shape index (κ2) is 5.00. The summed E-state index contributed by atoms with van der Waals surface area (Å²) in [4.78, 5) is 14.2. The van der Waals surface area contributed by atoms with Gasteiger partial charge in [-0.15, -0.1) is 0 Å². The van der Waals surface area contributed by atoms with Crippen LogP contribution in [0.25, 0.3) is 0 Å². The molecule has 1 saturated heterocycles. The van der Waals surface area contributed by atoms with Crippen molar-refractivity contribution in [2.45, 2.75) is 38.5 Å². The maximum absolute atomic E-state index is 12.4. The van der Waals surface area contributed by atoms with Gasteiger partial charge in [0.15, 0.2) is 0 Å². The quantitative estimate of drug-likeness (QED) is 0.828. The van der Waals surface area contributed by atoms with Crippen LogP contribution in [0.2, 0.25) is 0 Å². The molecule has 0 unspecified atom stereocenters. The molecule has 0 radical (unpaired) electrons. The Bertz CT molecular complexity index is 510. The SMILES string of the molecule is O=C(c1ccc(O)cc1O)N1CCC2(CCCC2)CC1. The molecule has 1 spiro atoms. The van der Waals surface area contributed by atoms with Crippen molar-refractivity contribution in [3.05, 3.63) is 23.8 Å². The number of benzene rings is 1. The van der Waals surface area contributed by atoms with Crippen molar-refractivity contribution in [2.24, 2.45) is 5.41 Å². The highest BCUT2D eigenvalue weighted by Crippen LogP contribution is 2.46. The summed E-state index contributed by atoms with van der Waals surface area (Å²) >= 11 is 0. The average Bonchev–Trinajstić information content (AvgIpc) is 2.87. The summed E-state index contributed by atoms with van der Waals surface area (Å²) in [5.74, 6) is -0.297. The smallest absolute Gasteiger partial charge is 0.257 e. The second-order valence-electron chi connectivity index (χ2n) is 6.20. The summed E-state index contributed by atoms with van der Waals surface area (Å²) in [7, 11) is 0. The zero-order valence-corrected chi connectivity index (χ0v) is 11.6. The van der Waals surface area contributed by atoms with Crippen LogP contribution in [0, 0.1) is 5.41 Å². The van der Waals surface area contributed by atoms with Crippen molar-refractivity contribution in [1.29, 1.82) is 0 Å². The van der Waals surface area contributed by atoms with E-state index in [1.807, 2.05) is 4.90 Å². The molecule has 4 nitrogen and oxygen atoms in total. The summed E-state index contributed by atoms with van der Waals surface area (Å²) in [6, 6.07) is 4.15. The number of aromatic hydroxyl groups is 2. The number of likely N-dealkylation sites (tertiary alicyclic amines) is 1. The Labute approximate surface area is 119 Å². The van der Waals surface area contributed by atoms with Gasteiger partial charge in [-0.1, -0.05) is 12.8 Å². The third kappa shape index (κ3) is 2.35. The van der Waals surface area contributed by atoms with E-state index in [1.165, 1.54) is 43.9 Å². The molecule has 2 fully saturated rings. The Kier molecular flexibility index (Phi) is 3.32. The highest BCUT2D eigenvalue weighted by molar-refractivity contribution is 5.97. The molecule has 1 aromatic rings. The van der Waals surface area contributed by atoms with E-state index in [9.17, 15) is 15.0 Å². The molecule has 1 aliphatic heterocycles. The molecule has 20 heavy (non-hydrogen) atoms. The summed E-state index contributed by atoms with van der Waals surface area (Å²) in [6.07, 6.45) is 7.42. The van der Waals surface area contributed by atoms with Gasteiger partial charge >= 0.3 is 0 Å². The predicted molar refractivity (Wildman–Crippen MR) is 75.8 cm³/mol. The Morgan fingerprint density at radius 3 is 2.30 bits per heavy atom. The van der Waals surface area contributed by atoms with Crippen LogP contribution in [0.3, 0.4) is 0 Å². The van der Waals surface area contributed by atoms with Crippen molar-refractivity contribution in [2.75, 3.05) is 13.1 Å². The Morgan fingerprint density at radius 2 is 1.70 bits per heavy atom. The van der Waals surface area contributed by atoms with E-state index < -0.39 is 0 Å². The maximum atomic E-state index is 12.4. The van der Waals surface area contributed by atoms with Crippen molar-refractivity contribution < 1.29 is 15.0 Å². The summed E-state index contributed by atoms with van der Waals surface area (Å²) in [5, 5.41) is 19.1. The first-order chi connectivity index (χ1) is 9.60. The molecule has 1 aliphatic carbocycles. The number of carbonyl (C=O) groups excluding carboxylic acids is 1. The third-order valence-corrected chi connectivity index (χ3v) is 4.99. The number of phenolic OH excluding ortho intramolecular Hbond substituents is 2. The Hall–Kier alpha value is -1.71.